The van der Waals surface area contributed by atoms with Crippen molar-refractivity contribution in [3.63, 3.8) is 0 Å². The van der Waals surface area contributed by atoms with Gasteiger partial charge in [-0.2, -0.15) is 0 Å². The molecule has 0 fully saturated rings. The second-order valence-electron chi connectivity index (χ2n) is 7.74. The molecule has 0 radical (unpaired) electrons. The molecule has 1 atom stereocenters. The molecule has 3 aromatic rings. The summed E-state index contributed by atoms with van der Waals surface area (Å²) in [6.45, 7) is 8.10. The first-order valence-electron chi connectivity index (χ1n) is 11.2. The van der Waals surface area contributed by atoms with Crippen LogP contribution in [-0.2, 0) is 0 Å². The maximum atomic E-state index is 15.0. The van der Waals surface area contributed by atoms with Crippen molar-refractivity contribution in [3.8, 4) is 11.3 Å². The van der Waals surface area contributed by atoms with E-state index in [-0.39, 0.29) is 17.6 Å². The van der Waals surface area contributed by atoms with Gasteiger partial charge in [0.2, 0.25) is 0 Å². The minimum Gasteiger partial charge on any atom is -0.378 e. The molecule has 0 N–H and O–H groups in total. The molecule has 1 unspecified atom stereocenters. The van der Waals surface area contributed by atoms with Gasteiger partial charge in [-0.25, -0.2) is 13.8 Å². The van der Waals surface area contributed by atoms with E-state index in [1.807, 2.05) is 50.3 Å². The Morgan fingerprint density at radius 3 is 2.61 bits per heavy atom. The predicted molar refractivity (Wildman–Crippen MR) is 125 cm³/mol. The zero-order chi connectivity index (χ0) is 22.0. The Kier molecular flexibility index (Phi) is 6.17. The molecule has 5 rings (SSSR count). The number of allylic oxidation sites excluding steroid dienone is 1. The molecule has 0 saturated heterocycles. The Hall–Kier alpha value is -3.01. The van der Waals surface area contributed by atoms with Gasteiger partial charge in [-0.05, 0) is 67.1 Å². The van der Waals surface area contributed by atoms with Crippen LogP contribution in [0, 0.1) is 11.6 Å². The Bertz CT molecular complexity index is 1260. The Balaban J connectivity index is 0.00000112. The van der Waals surface area contributed by atoms with Crippen molar-refractivity contribution in [2.75, 3.05) is 13.1 Å². The van der Waals surface area contributed by atoms with Crippen LogP contribution in [0.25, 0.3) is 34.3 Å². The number of halogens is 2. The Morgan fingerprint density at radius 1 is 1.03 bits per heavy atom. The van der Waals surface area contributed by atoms with Gasteiger partial charge in [0.25, 0.3) is 0 Å². The first kappa shape index (κ1) is 21.2. The summed E-state index contributed by atoms with van der Waals surface area (Å²) in [5, 5.41) is 2.30. The fourth-order valence-electron chi connectivity index (χ4n) is 4.31. The third kappa shape index (κ3) is 4.12. The molecule has 2 nitrogen and oxygen atoms in total. The fourth-order valence-corrected chi connectivity index (χ4v) is 4.31. The van der Waals surface area contributed by atoms with Crippen LogP contribution in [0.1, 0.15) is 45.1 Å². The number of aromatic nitrogens is 1. The fraction of sp³-hybridized carbons (Fsp3) is 0.296. The molecule has 2 aliphatic rings. The molecule has 1 aliphatic carbocycles. The number of hydrogen-bond donors (Lipinski definition) is 0. The van der Waals surface area contributed by atoms with Crippen molar-refractivity contribution in [3.05, 3.63) is 76.3 Å². The molecule has 4 heteroatoms. The highest BCUT2D eigenvalue weighted by Crippen LogP contribution is 2.30. The van der Waals surface area contributed by atoms with E-state index in [4.69, 9.17) is 0 Å². The van der Waals surface area contributed by atoms with E-state index in [2.05, 4.69) is 29.1 Å². The normalized spacial score (nSPS) is 16.9. The van der Waals surface area contributed by atoms with Crippen LogP contribution in [0.5, 0.6) is 0 Å². The van der Waals surface area contributed by atoms with Crippen LogP contribution >= 0.6 is 0 Å². The molecule has 0 amide bonds. The predicted octanol–water partition coefficient (Wildman–Crippen LogP) is 5.49. The van der Waals surface area contributed by atoms with Crippen LogP contribution in [0.3, 0.4) is 0 Å². The number of rotatable bonds is 3. The summed E-state index contributed by atoms with van der Waals surface area (Å²) in [6.07, 6.45) is 9.84. The highest BCUT2D eigenvalue weighted by atomic mass is 19.1. The van der Waals surface area contributed by atoms with Crippen LogP contribution in [0.2, 0.25) is 0 Å². The number of pyridine rings is 1. The summed E-state index contributed by atoms with van der Waals surface area (Å²) >= 11 is 0. The van der Waals surface area contributed by atoms with Crippen LogP contribution < -0.4 is 10.4 Å². The van der Waals surface area contributed by atoms with E-state index in [0.29, 0.717) is 22.0 Å². The quantitative estimate of drug-likeness (QED) is 0.559. The van der Waals surface area contributed by atoms with E-state index in [1.165, 1.54) is 6.07 Å². The van der Waals surface area contributed by atoms with Crippen molar-refractivity contribution in [1.29, 1.82) is 0 Å². The third-order valence-electron chi connectivity index (χ3n) is 5.98. The lowest BCUT2D eigenvalue weighted by molar-refractivity contribution is 0.360. The SMILES string of the molecule is CC.CCN1C=CC(c2cc(F)c3nc(-c4cc(F)c5c(c4)=CCC=5)ccc3c2)CC1. The van der Waals surface area contributed by atoms with Gasteiger partial charge in [0, 0.05) is 35.2 Å². The zero-order valence-corrected chi connectivity index (χ0v) is 18.3. The number of benzene rings is 2. The highest BCUT2D eigenvalue weighted by molar-refractivity contribution is 5.83. The van der Waals surface area contributed by atoms with Gasteiger partial charge in [-0.1, -0.05) is 38.1 Å². The minimum absolute atomic E-state index is 0.217. The number of fused-ring (bicyclic) bond motifs is 2. The molecule has 160 valence electrons. The Morgan fingerprint density at radius 2 is 1.87 bits per heavy atom. The van der Waals surface area contributed by atoms with E-state index in [9.17, 15) is 8.78 Å². The summed E-state index contributed by atoms with van der Waals surface area (Å²) < 4.78 is 29.3. The van der Waals surface area contributed by atoms with E-state index >= 15 is 0 Å². The summed E-state index contributed by atoms with van der Waals surface area (Å²) in [5.74, 6) is -0.365. The van der Waals surface area contributed by atoms with Crippen molar-refractivity contribution in [1.82, 2.24) is 9.88 Å². The molecule has 1 aliphatic heterocycles. The standard InChI is InChI=1S/C25H22F2N2.C2H6/c1-2-29-10-8-16(9-11-29)19-13-18-6-7-24(28-25(18)23(27)14-19)20-12-17-4-3-5-21(17)22(26)15-20;1-2/h4-8,10,12-16H,2-3,9,11H2,1H3;1-2H3. The van der Waals surface area contributed by atoms with Gasteiger partial charge in [0.15, 0.2) is 0 Å². The van der Waals surface area contributed by atoms with Crippen LogP contribution in [0.4, 0.5) is 8.78 Å². The first-order valence-corrected chi connectivity index (χ1v) is 11.2. The largest absolute Gasteiger partial charge is 0.378 e. The lowest BCUT2D eigenvalue weighted by Crippen LogP contribution is -2.25. The third-order valence-corrected chi connectivity index (χ3v) is 5.98. The van der Waals surface area contributed by atoms with E-state index < -0.39 is 0 Å². The monoisotopic (exact) mass is 418 g/mol. The maximum absolute atomic E-state index is 15.0. The molecular weight excluding hydrogens is 390 g/mol. The van der Waals surface area contributed by atoms with Gasteiger partial charge < -0.3 is 4.90 Å². The topological polar surface area (TPSA) is 16.1 Å². The molecular formula is C27H28F2N2. The first-order chi connectivity index (χ1) is 15.1. The van der Waals surface area contributed by atoms with Crippen LogP contribution in [-0.4, -0.2) is 23.0 Å². The van der Waals surface area contributed by atoms with Gasteiger partial charge in [-0.3, -0.25) is 0 Å². The van der Waals surface area contributed by atoms with Crippen molar-refractivity contribution >= 4 is 23.1 Å². The summed E-state index contributed by atoms with van der Waals surface area (Å²) in [5.41, 5.74) is 2.57. The number of nitrogens with zero attached hydrogens (tertiary/aromatic N) is 2. The molecule has 2 heterocycles. The van der Waals surface area contributed by atoms with Gasteiger partial charge in [0.1, 0.15) is 17.2 Å². The summed E-state index contributed by atoms with van der Waals surface area (Å²) in [4.78, 5) is 6.79. The van der Waals surface area contributed by atoms with Gasteiger partial charge in [-0.15, -0.1) is 0 Å². The molecule has 0 saturated carbocycles. The second-order valence-corrected chi connectivity index (χ2v) is 7.74. The maximum Gasteiger partial charge on any atom is 0.149 e. The molecule has 0 spiro atoms. The number of hydrogen-bond acceptors (Lipinski definition) is 2. The van der Waals surface area contributed by atoms with Crippen molar-refractivity contribution in [2.24, 2.45) is 0 Å². The Labute approximate surface area is 182 Å². The molecule has 31 heavy (non-hydrogen) atoms. The molecule has 1 aromatic heterocycles. The lowest BCUT2D eigenvalue weighted by Gasteiger charge is -2.27. The highest BCUT2D eigenvalue weighted by Gasteiger charge is 2.17. The van der Waals surface area contributed by atoms with Gasteiger partial charge >= 0.3 is 0 Å². The summed E-state index contributed by atoms with van der Waals surface area (Å²) in [6, 6.07) is 10.8. The molecule has 2 aromatic carbocycles. The molecule has 0 bridgehead atoms. The lowest BCUT2D eigenvalue weighted by atomic mass is 9.92. The zero-order valence-electron chi connectivity index (χ0n) is 18.3. The van der Waals surface area contributed by atoms with E-state index in [0.717, 1.165) is 42.1 Å². The smallest absolute Gasteiger partial charge is 0.149 e. The van der Waals surface area contributed by atoms with Gasteiger partial charge in [0.05, 0.1) is 5.69 Å². The second kappa shape index (κ2) is 9.01. The van der Waals surface area contributed by atoms with Crippen LogP contribution in [0.15, 0.2) is 48.7 Å². The van der Waals surface area contributed by atoms with Crippen molar-refractivity contribution < 1.29 is 8.78 Å². The average molecular weight is 419 g/mol. The van der Waals surface area contributed by atoms with Crippen molar-refractivity contribution in [2.45, 2.75) is 39.5 Å². The minimum atomic E-state index is -0.327. The average Bonchev–Trinajstić information content (AvgIpc) is 3.30. The van der Waals surface area contributed by atoms with E-state index in [1.54, 1.807) is 6.07 Å². The summed E-state index contributed by atoms with van der Waals surface area (Å²) in [7, 11) is 0.